The summed E-state index contributed by atoms with van der Waals surface area (Å²) in [6.07, 6.45) is 4.60. The molecule has 86 valence electrons. The van der Waals surface area contributed by atoms with Crippen molar-refractivity contribution in [2.45, 2.75) is 33.2 Å². The van der Waals surface area contributed by atoms with E-state index < -0.39 is 0 Å². The van der Waals surface area contributed by atoms with Gasteiger partial charge in [-0.05, 0) is 18.1 Å². The Kier molecular flexibility index (Phi) is 3.18. The highest BCUT2D eigenvalue weighted by atomic mass is 15.0. The van der Waals surface area contributed by atoms with E-state index in [9.17, 15) is 0 Å². The van der Waals surface area contributed by atoms with E-state index in [4.69, 9.17) is 5.73 Å². The standard InChI is InChI=1S/C14H20N2/c1-3-11(4-2)10-16-9-8-12-6-5-7-13(15)14(12)16/h5-9,11H,3-4,10,15H2,1-2H3. The van der Waals surface area contributed by atoms with E-state index in [1.807, 2.05) is 12.1 Å². The summed E-state index contributed by atoms with van der Waals surface area (Å²) < 4.78 is 2.29. The second-order valence-electron chi connectivity index (χ2n) is 4.44. The minimum atomic E-state index is 0.746. The van der Waals surface area contributed by atoms with E-state index in [1.165, 1.54) is 23.7 Å². The third kappa shape index (κ3) is 1.92. The lowest BCUT2D eigenvalue weighted by molar-refractivity contribution is 0.425. The van der Waals surface area contributed by atoms with Crippen molar-refractivity contribution >= 4 is 16.6 Å². The average molecular weight is 216 g/mol. The lowest BCUT2D eigenvalue weighted by atomic mass is 10.0. The number of nitrogens with two attached hydrogens (primary N) is 1. The molecule has 16 heavy (non-hydrogen) atoms. The Labute approximate surface area is 97.1 Å². The van der Waals surface area contributed by atoms with Gasteiger partial charge < -0.3 is 10.3 Å². The Balaban J connectivity index is 2.37. The summed E-state index contributed by atoms with van der Waals surface area (Å²) in [5.74, 6) is 0.746. The molecular weight excluding hydrogens is 196 g/mol. The van der Waals surface area contributed by atoms with Crippen LogP contribution in [0.1, 0.15) is 26.7 Å². The molecule has 0 amide bonds. The topological polar surface area (TPSA) is 30.9 Å². The maximum absolute atomic E-state index is 6.04. The van der Waals surface area contributed by atoms with E-state index in [0.717, 1.165) is 18.2 Å². The van der Waals surface area contributed by atoms with Gasteiger partial charge in [0.05, 0.1) is 11.2 Å². The fraction of sp³-hybridized carbons (Fsp3) is 0.429. The van der Waals surface area contributed by atoms with E-state index in [1.54, 1.807) is 0 Å². The fourth-order valence-corrected chi connectivity index (χ4v) is 2.27. The van der Waals surface area contributed by atoms with Crippen molar-refractivity contribution in [2.24, 2.45) is 5.92 Å². The predicted molar refractivity (Wildman–Crippen MR) is 70.4 cm³/mol. The van der Waals surface area contributed by atoms with E-state index in [2.05, 4.69) is 36.7 Å². The van der Waals surface area contributed by atoms with Gasteiger partial charge in [0.15, 0.2) is 0 Å². The lowest BCUT2D eigenvalue weighted by Crippen LogP contribution is -2.08. The number of rotatable bonds is 4. The first-order valence-electron chi connectivity index (χ1n) is 6.09. The third-order valence-corrected chi connectivity index (χ3v) is 3.43. The number of aromatic nitrogens is 1. The summed E-state index contributed by atoms with van der Waals surface area (Å²) in [7, 11) is 0. The highest BCUT2D eigenvalue weighted by Gasteiger charge is 2.08. The third-order valence-electron chi connectivity index (χ3n) is 3.43. The molecule has 0 fully saturated rings. The molecule has 2 aromatic rings. The highest BCUT2D eigenvalue weighted by molar-refractivity contribution is 5.90. The van der Waals surface area contributed by atoms with Crippen molar-refractivity contribution in [3.05, 3.63) is 30.5 Å². The Bertz CT molecular complexity index is 467. The summed E-state index contributed by atoms with van der Waals surface area (Å²) in [6.45, 7) is 5.58. The van der Waals surface area contributed by atoms with Gasteiger partial charge in [-0.3, -0.25) is 0 Å². The van der Waals surface area contributed by atoms with Crippen molar-refractivity contribution < 1.29 is 0 Å². The second-order valence-corrected chi connectivity index (χ2v) is 4.44. The van der Waals surface area contributed by atoms with Crippen LogP contribution in [0.4, 0.5) is 5.69 Å². The molecule has 0 aliphatic heterocycles. The Morgan fingerprint density at radius 3 is 2.62 bits per heavy atom. The van der Waals surface area contributed by atoms with Gasteiger partial charge in [0.25, 0.3) is 0 Å². The van der Waals surface area contributed by atoms with E-state index in [0.29, 0.717) is 0 Å². The fourth-order valence-electron chi connectivity index (χ4n) is 2.27. The van der Waals surface area contributed by atoms with Crippen LogP contribution in [0.15, 0.2) is 30.5 Å². The molecule has 2 N–H and O–H groups in total. The number of hydrogen-bond donors (Lipinski definition) is 1. The SMILES string of the molecule is CCC(CC)Cn1ccc2cccc(N)c21. The first kappa shape index (κ1) is 11.1. The number of para-hydroxylation sites is 1. The molecular formula is C14H20N2. The molecule has 2 nitrogen and oxygen atoms in total. The van der Waals surface area contributed by atoms with Crippen LogP contribution < -0.4 is 5.73 Å². The van der Waals surface area contributed by atoms with Crippen molar-refractivity contribution in [1.82, 2.24) is 4.57 Å². The molecule has 0 bridgehead atoms. The quantitative estimate of drug-likeness (QED) is 0.777. The van der Waals surface area contributed by atoms with Crippen molar-refractivity contribution in [3.63, 3.8) is 0 Å². The number of benzene rings is 1. The Morgan fingerprint density at radius 1 is 1.19 bits per heavy atom. The minimum absolute atomic E-state index is 0.746. The van der Waals surface area contributed by atoms with Crippen LogP contribution in [0.5, 0.6) is 0 Å². The monoisotopic (exact) mass is 216 g/mol. The molecule has 0 saturated carbocycles. The summed E-state index contributed by atoms with van der Waals surface area (Å²) >= 11 is 0. The molecule has 2 rings (SSSR count). The van der Waals surface area contributed by atoms with Gasteiger partial charge in [-0.15, -0.1) is 0 Å². The summed E-state index contributed by atoms with van der Waals surface area (Å²) in [6, 6.07) is 8.26. The molecule has 0 atom stereocenters. The number of nitrogens with zero attached hydrogens (tertiary/aromatic N) is 1. The molecule has 0 aliphatic rings. The van der Waals surface area contributed by atoms with Crippen molar-refractivity contribution in [2.75, 3.05) is 5.73 Å². The molecule has 1 aromatic carbocycles. The summed E-state index contributed by atoms with van der Waals surface area (Å²) in [4.78, 5) is 0. The summed E-state index contributed by atoms with van der Waals surface area (Å²) in [5, 5.41) is 1.24. The maximum Gasteiger partial charge on any atom is 0.0713 e. The van der Waals surface area contributed by atoms with Crippen molar-refractivity contribution in [3.8, 4) is 0 Å². The molecule has 0 unspecified atom stereocenters. The molecule has 2 heteroatoms. The summed E-state index contributed by atoms with van der Waals surface area (Å²) in [5.41, 5.74) is 8.11. The van der Waals surface area contributed by atoms with Gasteiger partial charge >= 0.3 is 0 Å². The van der Waals surface area contributed by atoms with Gasteiger partial charge in [0.2, 0.25) is 0 Å². The van der Waals surface area contributed by atoms with Crippen LogP contribution in [0.25, 0.3) is 10.9 Å². The van der Waals surface area contributed by atoms with Crippen LogP contribution in [0.3, 0.4) is 0 Å². The molecule has 0 spiro atoms. The first-order chi connectivity index (χ1) is 7.76. The van der Waals surface area contributed by atoms with Crippen LogP contribution in [0.2, 0.25) is 0 Å². The number of anilines is 1. The maximum atomic E-state index is 6.04. The van der Waals surface area contributed by atoms with Gasteiger partial charge in [-0.25, -0.2) is 0 Å². The normalized spacial score (nSPS) is 11.4. The molecule has 1 aromatic heterocycles. The number of nitrogen functional groups attached to an aromatic ring is 1. The molecule has 1 heterocycles. The Morgan fingerprint density at radius 2 is 1.94 bits per heavy atom. The van der Waals surface area contributed by atoms with Crippen LogP contribution >= 0.6 is 0 Å². The average Bonchev–Trinajstić information content (AvgIpc) is 2.70. The van der Waals surface area contributed by atoms with Crippen LogP contribution in [-0.4, -0.2) is 4.57 Å². The minimum Gasteiger partial charge on any atom is -0.397 e. The van der Waals surface area contributed by atoms with Gasteiger partial charge in [-0.2, -0.15) is 0 Å². The number of fused-ring (bicyclic) bond motifs is 1. The molecule has 0 radical (unpaired) electrons. The zero-order chi connectivity index (χ0) is 11.5. The van der Waals surface area contributed by atoms with Crippen LogP contribution in [-0.2, 0) is 6.54 Å². The predicted octanol–water partition coefficient (Wildman–Crippen LogP) is 3.66. The van der Waals surface area contributed by atoms with Gasteiger partial charge in [0, 0.05) is 18.1 Å². The zero-order valence-electron chi connectivity index (χ0n) is 10.1. The smallest absolute Gasteiger partial charge is 0.0713 e. The second kappa shape index (κ2) is 4.60. The van der Waals surface area contributed by atoms with E-state index in [-0.39, 0.29) is 0 Å². The zero-order valence-corrected chi connectivity index (χ0v) is 10.1. The first-order valence-corrected chi connectivity index (χ1v) is 6.09. The highest BCUT2D eigenvalue weighted by Crippen LogP contribution is 2.24. The van der Waals surface area contributed by atoms with Crippen LogP contribution in [0, 0.1) is 5.92 Å². The van der Waals surface area contributed by atoms with Gasteiger partial charge in [-0.1, -0.05) is 38.8 Å². The Hall–Kier alpha value is -1.44. The van der Waals surface area contributed by atoms with Crippen molar-refractivity contribution in [1.29, 1.82) is 0 Å². The molecule has 0 aliphatic carbocycles. The largest absolute Gasteiger partial charge is 0.397 e. The van der Waals surface area contributed by atoms with Gasteiger partial charge in [0.1, 0.15) is 0 Å². The lowest BCUT2D eigenvalue weighted by Gasteiger charge is -2.15. The molecule has 0 saturated heterocycles. The number of hydrogen-bond acceptors (Lipinski definition) is 1. The van der Waals surface area contributed by atoms with E-state index >= 15 is 0 Å².